The number of hydrogen-bond donors (Lipinski definition) is 0. The number of ether oxygens (including phenoxy) is 1. The Balaban J connectivity index is 3.67. The summed E-state index contributed by atoms with van der Waals surface area (Å²) in [5.74, 6) is 0.157. The highest BCUT2D eigenvalue weighted by Gasteiger charge is 1.95. The highest BCUT2D eigenvalue weighted by Crippen LogP contribution is 1.93. The van der Waals surface area contributed by atoms with E-state index in [1.54, 1.807) is 0 Å². The molecule has 0 saturated heterocycles. The average molecular weight is 190 g/mol. The monoisotopic (exact) mass is 190 g/mol. The van der Waals surface area contributed by atoms with Gasteiger partial charge in [0.25, 0.3) is 0 Å². The van der Waals surface area contributed by atoms with E-state index in [0.29, 0.717) is 5.75 Å². The van der Waals surface area contributed by atoms with Crippen molar-refractivity contribution in [3.8, 4) is 0 Å². The minimum atomic E-state index is -1.02. The predicted molar refractivity (Wildman–Crippen MR) is 49.1 cm³/mol. The second-order valence-corrected chi connectivity index (χ2v) is 3.71. The number of rotatable bonds is 5. The lowest BCUT2D eigenvalue weighted by Crippen LogP contribution is -1.97. The summed E-state index contributed by atoms with van der Waals surface area (Å²) >= 11 is 0. The summed E-state index contributed by atoms with van der Waals surface area (Å²) in [6.45, 7) is 2.03. The lowest BCUT2D eigenvalue weighted by atomic mass is 10.4. The van der Waals surface area contributed by atoms with Crippen molar-refractivity contribution in [3.05, 3.63) is 11.5 Å². The van der Waals surface area contributed by atoms with Gasteiger partial charge >= 0.3 is 5.97 Å². The van der Waals surface area contributed by atoms with Crippen LogP contribution in [0.1, 0.15) is 19.8 Å². The van der Waals surface area contributed by atoms with Gasteiger partial charge in [0.05, 0.1) is 7.11 Å². The molecule has 0 saturated carbocycles. The quantitative estimate of drug-likeness (QED) is 0.483. The van der Waals surface area contributed by atoms with Crippen molar-refractivity contribution in [3.63, 3.8) is 0 Å². The number of methoxy groups -OCH3 is 1. The highest BCUT2D eigenvalue weighted by atomic mass is 32.2. The number of unbranched alkanes of at least 4 members (excludes halogenated alkanes) is 1. The molecule has 0 aromatic heterocycles. The van der Waals surface area contributed by atoms with Gasteiger partial charge in [0, 0.05) is 28.0 Å². The maximum atomic E-state index is 11.0. The predicted octanol–water partition coefficient (Wildman–Crippen LogP) is 1.22. The van der Waals surface area contributed by atoms with E-state index >= 15 is 0 Å². The highest BCUT2D eigenvalue weighted by molar-refractivity contribution is 7.87. The smallest absolute Gasteiger partial charge is 0.331 e. The average Bonchev–Trinajstić information content (AvgIpc) is 2.10. The molecular weight excluding hydrogens is 176 g/mol. The standard InChI is InChI=1S/C8H14O3S/c1-3-4-6-12(10)7-5-8(9)11-2/h5,7H,3-4,6H2,1-2H3/b7-5+. The van der Waals surface area contributed by atoms with Gasteiger partial charge in [0.15, 0.2) is 0 Å². The normalized spacial score (nSPS) is 13.2. The molecule has 0 spiro atoms. The van der Waals surface area contributed by atoms with Crippen molar-refractivity contribution in [2.75, 3.05) is 12.9 Å². The molecule has 0 aromatic carbocycles. The van der Waals surface area contributed by atoms with Crippen molar-refractivity contribution >= 4 is 16.8 Å². The molecule has 0 aliphatic rings. The summed E-state index contributed by atoms with van der Waals surface area (Å²) < 4.78 is 15.4. The van der Waals surface area contributed by atoms with E-state index < -0.39 is 16.8 Å². The number of carbonyl (C=O) groups is 1. The Labute approximate surface area is 75.3 Å². The second kappa shape index (κ2) is 7.03. The van der Waals surface area contributed by atoms with Crippen LogP contribution >= 0.6 is 0 Å². The van der Waals surface area contributed by atoms with Crippen molar-refractivity contribution in [1.29, 1.82) is 0 Å². The molecule has 0 rings (SSSR count). The summed E-state index contributed by atoms with van der Waals surface area (Å²) in [4.78, 5) is 10.5. The third-order valence-electron chi connectivity index (χ3n) is 1.26. The first-order valence-corrected chi connectivity index (χ1v) is 5.22. The maximum Gasteiger partial charge on any atom is 0.331 e. The zero-order valence-corrected chi connectivity index (χ0v) is 8.23. The van der Waals surface area contributed by atoms with Crippen LogP contribution in [0.5, 0.6) is 0 Å². The van der Waals surface area contributed by atoms with Crippen LogP contribution in [0.2, 0.25) is 0 Å². The van der Waals surface area contributed by atoms with Gasteiger partial charge in [-0.2, -0.15) is 0 Å². The van der Waals surface area contributed by atoms with Crippen molar-refractivity contribution in [2.24, 2.45) is 0 Å². The van der Waals surface area contributed by atoms with Gasteiger partial charge in [0.2, 0.25) is 0 Å². The summed E-state index contributed by atoms with van der Waals surface area (Å²) in [5.41, 5.74) is 0. The Morgan fingerprint density at radius 2 is 2.25 bits per heavy atom. The van der Waals surface area contributed by atoms with Gasteiger partial charge in [-0.3, -0.25) is 4.21 Å². The zero-order chi connectivity index (χ0) is 9.40. The fraction of sp³-hybridized carbons (Fsp3) is 0.625. The van der Waals surface area contributed by atoms with E-state index in [9.17, 15) is 9.00 Å². The van der Waals surface area contributed by atoms with Crippen LogP contribution in [0.4, 0.5) is 0 Å². The topological polar surface area (TPSA) is 43.4 Å². The third-order valence-corrected chi connectivity index (χ3v) is 2.39. The number of carbonyl (C=O) groups excluding carboxylic acids is 1. The molecule has 0 fully saturated rings. The molecule has 0 aromatic rings. The molecule has 3 nitrogen and oxygen atoms in total. The molecule has 12 heavy (non-hydrogen) atoms. The molecule has 1 unspecified atom stereocenters. The van der Waals surface area contributed by atoms with Gasteiger partial charge in [-0.05, 0) is 6.42 Å². The summed E-state index contributed by atoms with van der Waals surface area (Å²) in [7, 11) is 0.270. The summed E-state index contributed by atoms with van der Waals surface area (Å²) in [5, 5.41) is 1.38. The Hall–Kier alpha value is -0.640. The largest absolute Gasteiger partial charge is 0.466 e. The van der Waals surface area contributed by atoms with E-state index in [2.05, 4.69) is 4.74 Å². The fourth-order valence-corrected chi connectivity index (χ4v) is 1.53. The Bertz CT molecular complexity index is 187. The van der Waals surface area contributed by atoms with Gasteiger partial charge in [-0.15, -0.1) is 0 Å². The Morgan fingerprint density at radius 3 is 2.75 bits per heavy atom. The number of hydrogen-bond acceptors (Lipinski definition) is 3. The SMILES string of the molecule is CCCCS(=O)/C=C/C(=O)OC. The lowest BCUT2D eigenvalue weighted by Gasteiger charge is -1.92. The van der Waals surface area contributed by atoms with Gasteiger partial charge in [-0.1, -0.05) is 13.3 Å². The first-order chi connectivity index (χ1) is 5.70. The molecule has 0 heterocycles. The first-order valence-electron chi connectivity index (χ1n) is 3.84. The van der Waals surface area contributed by atoms with Crippen molar-refractivity contribution in [1.82, 2.24) is 0 Å². The van der Waals surface area contributed by atoms with Crippen LogP contribution in [0.3, 0.4) is 0 Å². The minimum absolute atomic E-state index is 0.458. The number of esters is 1. The molecule has 1 atom stereocenters. The Morgan fingerprint density at radius 1 is 1.58 bits per heavy atom. The van der Waals surface area contributed by atoms with Gasteiger partial charge in [0.1, 0.15) is 0 Å². The van der Waals surface area contributed by atoms with E-state index in [-0.39, 0.29) is 0 Å². The zero-order valence-electron chi connectivity index (χ0n) is 7.41. The molecular formula is C8H14O3S. The molecule has 70 valence electrons. The van der Waals surface area contributed by atoms with Gasteiger partial charge < -0.3 is 4.74 Å². The molecule has 0 aliphatic carbocycles. The molecule has 0 bridgehead atoms. The van der Waals surface area contributed by atoms with Crippen LogP contribution in [0.25, 0.3) is 0 Å². The van der Waals surface area contributed by atoms with Crippen LogP contribution in [0, 0.1) is 0 Å². The van der Waals surface area contributed by atoms with E-state index in [1.807, 2.05) is 6.92 Å². The van der Waals surface area contributed by atoms with Gasteiger partial charge in [-0.25, -0.2) is 4.79 Å². The van der Waals surface area contributed by atoms with E-state index in [4.69, 9.17) is 0 Å². The third kappa shape index (κ3) is 6.09. The van der Waals surface area contributed by atoms with Crippen LogP contribution in [0.15, 0.2) is 11.5 Å². The van der Waals surface area contributed by atoms with Crippen LogP contribution < -0.4 is 0 Å². The minimum Gasteiger partial charge on any atom is -0.466 e. The fourth-order valence-electron chi connectivity index (χ4n) is 0.554. The van der Waals surface area contributed by atoms with Crippen molar-refractivity contribution in [2.45, 2.75) is 19.8 Å². The van der Waals surface area contributed by atoms with Crippen LogP contribution in [-0.4, -0.2) is 23.0 Å². The molecule has 0 amide bonds. The molecule has 0 radical (unpaired) electrons. The van der Waals surface area contributed by atoms with E-state index in [0.717, 1.165) is 12.8 Å². The summed E-state index contributed by atoms with van der Waals surface area (Å²) in [6, 6.07) is 0. The first kappa shape index (κ1) is 11.4. The second-order valence-electron chi connectivity index (χ2n) is 2.26. The molecule has 4 heteroatoms. The maximum absolute atomic E-state index is 11.0. The molecule has 0 N–H and O–H groups in total. The molecule has 0 aliphatic heterocycles. The van der Waals surface area contributed by atoms with E-state index in [1.165, 1.54) is 18.6 Å². The lowest BCUT2D eigenvalue weighted by molar-refractivity contribution is -0.134. The Kier molecular flexibility index (Phi) is 6.66. The van der Waals surface area contributed by atoms with Crippen LogP contribution in [-0.2, 0) is 20.3 Å². The van der Waals surface area contributed by atoms with Crippen molar-refractivity contribution < 1.29 is 13.7 Å². The summed E-state index contributed by atoms with van der Waals surface area (Å²) in [6.07, 6.45) is 3.13.